The lowest BCUT2D eigenvalue weighted by molar-refractivity contribution is -0.140. The fourth-order valence-corrected chi connectivity index (χ4v) is 4.38. The zero-order valence-corrected chi connectivity index (χ0v) is 20.3. The van der Waals surface area contributed by atoms with Crippen LogP contribution in [0.3, 0.4) is 0 Å². The number of rotatable bonds is 4. The van der Waals surface area contributed by atoms with Crippen molar-refractivity contribution < 1.29 is 14.7 Å². The first kappa shape index (κ1) is 23.4. The Hall–Kier alpha value is -3.73. The average Bonchev–Trinajstić information content (AvgIpc) is 3.05. The zero-order chi connectivity index (χ0) is 24.6. The summed E-state index contributed by atoms with van der Waals surface area (Å²) in [6, 6.07) is 16.6. The van der Waals surface area contributed by atoms with Gasteiger partial charge in [0, 0.05) is 24.5 Å². The summed E-state index contributed by atoms with van der Waals surface area (Å²) >= 11 is 0. The van der Waals surface area contributed by atoms with Gasteiger partial charge in [0.05, 0.1) is 11.6 Å². The second kappa shape index (κ2) is 8.90. The van der Waals surface area contributed by atoms with Crippen LogP contribution in [0.1, 0.15) is 60.2 Å². The van der Waals surface area contributed by atoms with E-state index in [0.717, 1.165) is 27.8 Å². The summed E-state index contributed by atoms with van der Waals surface area (Å²) < 4.78 is 0. The summed E-state index contributed by atoms with van der Waals surface area (Å²) in [5.74, 6) is -1.42. The van der Waals surface area contributed by atoms with E-state index in [1.165, 1.54) is 0 Å². The van der Waals surface area contributed by atoms with Gasteiger partial charge in [-0.25, -0.2) is 0 Å². The van der Waals surface area contributed by atoms with E-state index in [0.29, 0.717) is 5.56 Å². The summed E-state index contributed by atoms with van der Waals surface area (Å²) in [4.78, 5) is 32.1. The second-order valence-corrected chi connectivity index (χ2v) is 9.97. The molecule has 0 aliphatic carbocycles. The molecular weight excluding hydrogens is 424 g/mol. The van der Waals surface area contributed by atoms with Gasteiger partial charge in [-0.2, -0.15) is 0 Å². The van der Waals surface area contributed by atoms with Gasteiger partial charge in [0.2, 0.25) is 0 Å². The molecule has 0 radical (unpaired) electrons. The molecule has 3 aromatic rings. The number of carbonyl (C=O) groups is 2. The smallest absolute Gasteiger partial charge is 0.295 e. The number of aryl methyl sites for hydroxylation is 2. The first-order chi connectivity index (χ1) is 16.1. The van der Waals surface area contributed by atoms with Gasteiger partial charge in [-0.1, -0.05) is 62.7 Å². The lowest BCUT2D eigenvalue weighted by Gasteiger charge is -2.26. The number of aliphatic hydroxyl groups is 1. The van der Waals surface area contributed by atoms with Crippen LogP contribution in [-0.2, 0) is 21.5 Å². The van der Waals surface area contributed by atoms with Crippen LogP contribution < -0.4 is 0 Å². The molecule has 1 unspecified atom stereocenters. The van der Waals surface area contributed by atoms with Gasteiger partial charge >= 0.3 is 0 Å². The molecule has 0 spiro atoms. The fraction of sp³-hybridized carbons (Fsp3) is 0.276. The fourth-order valence-electron chi connectivity index (χ4n) is 4.38. The van der Waals surface area contributed by atoms with Crippen LogP contribution in [0.15, 0.2) is 72.6 Å². The maximum absolute atomic E-state index is 13.3. The van der Waals surface area contributed by atoms with Crippen LogP contribution in [0.25, 0.3) is 5.76 Å². The minimum Gasteiger partial charge on any atom is -0.507 e. The molecule has 4 rings (SSSR count). The molecule has 0 saturated carbocycles. The van der Waals surface area contributed by atoms with Gasteiger partial charge in [0.25, 0.3) is 11.7 Å². The van der Waals surface area contributed by atoms with Crippen LogP contribution in [0.4, 0.5) is 0 Å². The SMILES string of the molecule is Cc1ccc(C)c(C(O)=C2C(=O)C(=O)N(Cc3ccncc3)C2c2ccc(C(C)(C)C)cc2)c1. The Bertz CT molecular complexity index is 1270. The van der Waals surface area contributed by atoms with Gasteiger partial charge in [0.1, 0.15) is 5.76 Å². The highest BCUT2D eigenvalue weighted by atomic mass is 16.3. The number of aromatic nitrogens is 1. The molecule has 174 valence electrons. The molecule has 1 saturated heterocycles. The summed E-state index contributed by atoms with van der Waals surface area (Å²) in [6.07, 6.45) is 3.32. The van der Waals surface area contributed by atoms with Gasteiger partial charge in [-0.15, -0.1) is 0 Å². The van der Waals surface area contributed by atoms with E-state index >= 15 is 0 Å². The average molecular weight is 455 g/mol. The van der Waals surface area contributed by atoms with Crippen molar-refractivity contribution in [3.8, 4) is 0 Å². The molecule has 0 bridgehead atoms. The third-order valence-corrected chi connectivity index (χ3v) is 6.38. The van der Waals surface area contributed by atoms with Crippen molar-refractivity contribution in [1.29, 1.82) is 0 Å². The molecule has 1 N–H and O–H groups in total. The second-order valence-electron chi connectivity index (χ2n) is 9.97. The van der Waals surface area contributed by atoms with Crippen LogP contribution >= 0.6 is 0 Å². The number of nitrogens with zero attached hydrogens (tertiary/aromatic N) is 2. The van der Waals surface area contributed by atoms with E-state index in [-0.39, 0.29) is 23.3 Å². The summed E-state index contributed by atoms with van der Waals surface area (Å²) in [5, 5.41) is 11.4. The van der Waals surface area contributed by atoms with Crippen molar-refractivity contribution in [1.82, 2.24) is 9.88 Å². The van der Waals surface area contributed by atoms with E-state index in [1.807, 2.05) is 68.4 Å². The number of carbonyl (C=O) groups excluding carboxylic acids is 2. The van der Waals surface area contributed by atoms with E-state index < -0.39 is 17.7 Å². The summed E-state index contributed by atoms with van der Waals surface area (Å²) in [6.45, 7) is 10.5. The molecule has 1 aliphatic heterocycles. The molecule has 34 heavy (non-hydrogen) atoms. The van der Waals surface area contributed by atoms with Crippen molar-refractivity contribution in [2.24, 2.45) is 0 Å². The molecule has 1 aromatic heterocycles. The monoisotopic (exact) mass is 454 g/mol. The van der Waals surface area contributed by atoms with Gasteiger partial charge in [-0.05, 0) is 59.7 Å². The predicted octanol–water partition coefficient (Wildman–Crippen LogP) is 5.62. The van der Waals surface area contributed by atoms with Crippen LogP contribution in [0.2, 0.25) is 0 Å². The molecule has 1 atom stereocenters. The molecule has 1 amide bonds. The zero-order valence-electron chi connectivity index (χ0n) is 20.3. The van der Waals surface area contributed by atoms with Crippen molar-refractivity contribution in [2.45, 2.75) is 52.6 Å². The number of ketones is 1. The van der Waals surface area contributed by atoms with E-state index in [4.69, 9.17) is 0 Å². The number of pyridine rings is 1. The van der Waals surface area contributed by atoms with Gasteiger partial charge < -0.3 is 10.0 Å². The molecule has 1 fully saturated rings. The number of benzene rings is 2. The Balaban J connectivity index is 1.89. The standard InChI is InChI=1S/C29H30N2O3/c1-18-6-7-19(2)23(16-18)26(32)24-25(21-8-10-22(11-9-21)29(3,4)5)31(28(34)27(24)33)17-20-12-14-30-15-13-20/h6-16,25,32H,17H2,1-5H3. The van der Waals surface area contributed by atoms with Gasteiger partial charge in [-0.3, -0.25) is 14.6 Å². The first-order valence-electron chi connectivity index (χ1n) is 11.4. The number of aliphatic hydroxyl groups excluding tert-OH is 1. The number of hydrogen-bond acceptors (Lipinski definition) is 4. The van der Waals surface area contributed by atoms with Crippen LogP contribution in [0.5, 0.6) is 0 Å². The maximum Gasteiger partial charge on any atom is 0.295 e. The molecular formula is C29H30N2O3. The summed E-state index contributed by atoms with van der Waals surface area (Å²) in [5.41, 5.74) is 5.25. The Kier molecular flexibility index (Phi) is 6.13. The van der Waals surface area contributed by atoms with Crippen molar-refractivity contribution >= 4 is 17.4 Å². The number of amides is 1. The highest BCUT2D eigenvalue weighted by molar-refractivity contribution is 6.46. The largest absolute Gasteiger partial charge is 0.507 e. The van der Waals surface area contributed by atoms with Crippen molar-refractivity contribution in [3.05, 3.63) is 106 Å². The van der Waals surface area contributed by atoms with E-state index in [1.54, 1.807) is 17.3 Å². The van der Waals surface area contributed by atoms with E-state index in [2.05, 4.69) is 25.8 Å². The third kappa shape index (κ3) is 4.38. The quantitative estimate of drug-likeness (QED) is 0.316. The Morgan fingerprint density at radius 2 is 1.62 bits per heavy atom. The molecule has 2 heterocycles. The van der Waals surface area contributed by atoms with Crippen LogP contribution in [0, 0.1) is 13.8 Å². The summed E-state index contributed by atoms with van der Waals surface area (Å²) in [7, 11) is 0. The maximum atomic E-state index is 13.3. The Morgan fingerprint density at radius 1 is 0.971 bits per heavy atom. The Morgan fingerprint density at radius 3 is 2.24 bits per heavy atom. The van der Waals surface area contributed by atoms with Crippen LogP contribution in [-0.4, -0.2) is 26.7 Å². The molecule has 2 aromatic carbocycles. The minimum atomic E-state index is -0.693. The Labute approximate surface area is 200 Å². The van der Waals surface area contributed by atoms with Crippen molar-refractivity contribution in [3.63, 3.8) is 0 Å². The highest BCUT2D eigenvalue weighted by Gasteiger charge is 2.46. The number of hydrogen-bond donors (Lipinski definition) is 1. The number of likely N-dealkylation sites (tertiary alicyclic amines) is 1. The predicted molar refractivity (Wildman–Crippen MR) is 133 cm³/mol. The normalized spacial score (nSPS) is 17.9. The highest BCUT2D eigenvalue weighted by Crippen LogP contribution is 2.41. The molecule has 5 heteroatoms. The topological polar surface area (TPSA) is 70.5 Å². The first-order valence-corrected chi connectivity index (χ1v) is 11.4. The van der Waals surface area contributed by atoms with E-state index in [9.17, 15) is 14.7 Å². The molecule has 1 aliphatic rings. The minimum absolute atomic E-state index is 0.0317. The van der Waals surface area contributed by atoms with Gasteiger partial charge in [0.15, 0.2) is 0 Å². The lowest BCUT2D eigenvalue weighted by Crippen LogP contribution is -2.29. The van der Waals surface area contributed by atoms with Crippen molar-refractivity contribution in [2.75, 3.05) is 0 Å². The lowest BCUT2D eigenvalue weighted by atomic mass is 9.85. The number of Topliss-reactive ketones (excluding diaryl/α,β-unsaturated/α-hetero) is 1. The third-order valence-electron chi connectivity index (χ3n) is 6.38. The molecule has 5 nitrogen and oxygen atoms in total.